The van der Waals surface area contributed by atoms with Gasteiger partial charge in [0.2, 0.25) is 0 Å². The third kappa shape index (κ3) is 4.22. The van der Waals surface area contributed by atoms with Crippen LogP contribution >= 0.6 is 0 Å². The lowest BCUT2D eigenvalue weighted by Gasteiger charge is -2.23. The smallest absolute Gasteiger partial charge is 0.0465 e. The minimum absolute atomic E-state index is 0.203. The highest BCUT2D eigenvalue weighted by Crippen LogP contribution is 2.31. The van der Waals surface area contributed by atoms with Crippen LogP contribution in [0.5, 0.6) is 0 Å². The molecule has 0 bridgehead atoms. The first-order chi connectivity index (χ1) is 9.33. The lowest BCUT2D eigenvalue weighted by molar-refractivity contribution is 0.225. The van der Waals surface area contributed by atoms with E-state index >= 15 is 0 Å². The van der Waals surface area contributed by atoms with Crippen molar-refractivity contribution in [1.29, 1.82) is 0 Å². The summed E-state index contributed by atoms with van der Waals surface area (Å²) in [6, 6.07) is 20.8. The van der Waals surface area contributed by atoms with E-state index in [4.69, 9.17) is 0 Å². The van der Waals surface area contributed by atoms with E-state index in [1.165, 1.54) is 11.1 Å². The minimum Gasteiger partial charge on any atom is -0.396 e. The van der Waals surface area contributed by atoms with Gasteiger partial charge in [0.25, 0.3) is 0 Å². The largest absolute Gasteiger partial charge is 0.396 e. The van der Waals surface area contributed by atoms with Crippen LogP contribution < -0.4 is 0 Å². The van der Waals surface area contributed by atoms with Gasteiger partial charge in [-0.05, 0) is 17.0 Å². The van der Waals surface area contributed by atoms with Gasteiger partial charge < -0.3 is 5.11 Å². The summed E-state index contributed by atoms with van der Waals surface area (Å²) in [5.41, 5.74) is 2.53. The number of aliphatic hydroxyl groups excluding tert-OH is 1. The second kappa shape index (κ2) is 8.49. The van der Waals surface area contributed by atoms with Crippen molar-refractivity contribution in [2.24, 2.45) is 5.92 Å². The van der Waals surface area contributed by atoms with Crippen LogP contribution in [0.3, 0.4) is 0 Å². The Morgan fingerprint density at radius 3 is 1.47 bits per heavy atom. The summed E-state index contributed by atoms with van der Waals surface area (Å²) in [7, 11) is 0. The fourth-order valence-electron chi connectivity index (χ4n) is 2.28. The molecule has 2 aromatic carbocycles. The predicted octanol–water partition coefficient (Wildman–Crippen LogP) is 4.47. The third-order valence-corrected chi connectivity index (χ3v) is 3.17. The van der Waals surface area contributed by atoms with E-state index in [0.29, 0.717) is 0 Å². The molecule has 1 heteroatoms. The maximum Gasteiger partial charge on any atom is 0.0465 e. The summed E-state index contributed by atoms with van der Waals surface area (Å²) in [5, 5.41) is 9.43. The Kier molecular flexibility index (Phi) is 6.91. The summed E-state index contributed by atoms with van der Waals surface area (Å²) in [6.07, 6.45) is 0. The van der Waals surface area contributed by atoms with Gasteiger partial charge in [-0.15, -0.1) is 0 Å². The second-order valence-corrected chi connectivity index (χ2v) is 4.46. The van der Waals surface area contributed by atoms with E-state index < -0.39 is 0 Å². The van der Waals surface area contributed by atoms with Gasteiger partial charge in [-0.3, -0.25) is 0 Å². The Labute approximate surface area is 116 Å². The highest BCUT2D eigenvalue weighted by Gasteiger charge is 2.20. The molecule has 0 aliphatic heterocycles. The first-order valence-electron chi connectivity index (χ1n) is 7.03. The fraction of sp³-hybridized carbons (Fsp3) is 0.333. The summed E-state index contributed by atoms with van der Waals surface area (Å²) in [6.45, 7) is 6.29. The first kappa shape index (κ1) is 15.5. The molecule has 0 spiro atoms. The van der Waals surface area contributed by atoms with Crippen LogP contribution in [0.1, 0.15) is 37.8 Å². The van der Waals surface area contributed by atoms with Gasteiger partial charge in [0, 0.05) is 12.5 Å². The number of hydrogen-bond acceptors (Lipinski definition) is 1. The molecule has 102 valence electrons. The van der Waals surface area contributed by atoms with E-state index in [-0.39, 0.29) is 18.4 Å². The molecular weight excluding hydrogens is 232 g/mol. The van der Waals surface area contributed by atoms with Crippen molar-refractivity contribution in [2.75, 3.05) is 6.61 Å². The molecule has 0 fully saturated rings. The van der Waals surface area contributed by atoms with Crippen LogP contribution in [0.4, 0.5) is 0 Å². The van der Waals surface area contributed by atoms with Gasteiger partial charge in [-0.25, -0.2) is 0 Å². The molecule has 1 unspecified atom stereocenters. The Hall–Kier alpha value is -1.60. The molecule has 0 saturated carbocycles. The van der Waals surface area contributed by atoms with Crippen LogP contribution in [-0.2, 0) is 0 Å². The number of aliphatic hydroxyl groups is 1. The van der Waals surface area contributed by atoms with Gasteiger partial charge >= 0.3 is 0 Å². The van der Waals surface area contributed by atoms with E-state index in [9.17, 15) is 5.11 Å². The Morgan fingerprint density at radius 1 is 0.789 bits per heavy atom. The van der Waals surface area contributed by atoms with E-state index in [0.717, 1.165) is 0 Å². The number of rotatable bonds is 4. The molecule has 0 aliphatic rings. The van der Waals surface area contributed by atoms with Gasteiger partial charge in [-0.2, -0.15) is 0 Å². The fourth-order valence-corrected chi connectivity index (χ4v) is 2.28. The average molecular weight is 256 g/mol. The predicted molar refractivity (Wildman–Crippen MR) is 82.3 cm³/mol. The lowest BCUT2D eigenvalue weighted by Crippen LogP contribution is -2.14. The SMILES string of the molecule is CC.CC(CO)C(c1ccccc1)c1ccccc1. The summed E-state index contributed by atoms with van der Waals surface area (Å²) < 4.78 is 0. The lowest BCUT2D eigenvalue weighted by atomic mass is 9.82. The van der Waals surface area contributed by atoms with Crippen molar-refractivity contribution >= 4 is 0 Å². The van der Waals surface area contributed by atoms with Crippen LogP contribution in [-0.4, -0.2) is 11.7 Å². The molecule has 0 amide bonds. The molecule has 0 radical (unpaired) electrons. The van der Waals surface area contributed by atoms with Gasteiger partial charge in [0.1, 0.15) is 0 Å². The zero-order valence-electron chi connectivity index (χ0n) is 12.1. The van der Waals surface area contributed by atoms with Gasteiger partial charge in [0.05, 0.1) is 0 Å². The molecule has 1 nitrogen and oxygen atoms in total. The molecule has 0 aliphatic carbocycles. The topological polar surface area (TPSA) is 20.2 Å². The molecule has 0 heterocycles. The van der Waals surface area contributed by atoms with Crippen molar-refractivity contribution in [3.05, 3.63) is 71.8 Å². The highest BCUT2D eigenvalue weighted by molar-refractivity contribution is 5.33. The third-order valence-electron chi connectivity index (χ3n) is 3.17. The summed E-state index contributed by atoms with van der Waals surface area (Å²) in [5.74, 6) is 0.488. The summed E-state index contributed by atoms with van der Waals surface area (Å²) >= 11 is 0. The Bertz CT molecular complexity index is 396. The highest BCUT2D eigenvalue weighted by atomic mass is 16.3. The Morgan fingerprint density at radius 2 is 1.16 bits per heavy atom. The zero-order chi connectivity index (χ0) is 14.1. The van der Waals surface area contributed by atoms with E-state index in [2.05, 4.69) is 55.5 Å². The van der Waals surface area contributed by atoms with Crippen molar-refractivity contribution in [3.63, 3.8) is 0 Å². The maximum absolute atomic E-state index is 9.43. The molecule has 1 atom stereocenters. The number of hydrogen-bond donors (Lipinski definition) is 1. The van der Waals surface area contributed by atoms with Crippen molar-refractivity contribution in [2.45, 2.75) is 26.7 Å². The monoisotopic (exact) mass is 256 g/mol. The standard InChI is InChI=1S/C16H18O.C2H6/c1-13(12-17)16(14-8-4-2-5-9-14)15-10-6-3-7-11-15;1-2/h2-11,13,16-17H,12H2,1H3;1-2H3. The van der Waals surface area contributed by atoms with Crippen molar-refractivity contribution < 1.29 is 5.11 Å². The van der Waals surface area contributed by atoms with Crippen LogP contribution in [0.25, 0.3) is 0 Å². The quantitative estimate of drug-likeness (QED) is 0.855. The molecular formula is C18H24O. The van der Waals surface area contributed by atoms with E-state index in [1.807, 2.05) is 26.0 Å². The van der Waals surface area contributed by atoms with E-state index in [1.54, 1.807) is 0 Å². The normalized spacial score (nSPS) is 11.6. The zero-order valence-corrected chi connectivity index (χ0v) is 12.1. The molecule has 2 aromatic rings. The van der Waals surface area contributed by atoms with Crippen LogP contribution in [0.2, 0.25) is 0 Å². The average Bonchev–Trinajstić information content (AvgIpc) is 2.51. The molecule has 2 rings (SSSR count). The molecule has 0 aromatic heterocycles. The number of benzene rings is 2. The molecule has 1 N–H and O–H groups in total. The van der Waals surface area contributed by atoms with Crippen molar-refractivity contribution in [3.8, 4) is 0 Å². The minimum atomic E-state index is 0.203. The maximum atomic E-state index is 9.43. The van der Waals surface area contributed by atoms with Gasteiger partial charge in [0.15, 0.2) is 0 Å². The van der Waals surface area contributed by atoms with Crippen LogP contribution in [0, 0.1) is 5.92 Å². The molecule has 0 saturated heterocycles. The van der Waals surface area contributed by atoms with Crippen molar-refractivity contribution in [1.82, 2.24) is 0 Å². The first-order valence-corrected chi connectivity index (χ1v) is 7.03. The summed E-state index contributed by atoms with van der Waals surface area (Å²) in [4.78, 5) is 0. The Balaban J connectivity index is 0.000000861. The van der Waals surface area contributed by atoms with Gasteiger partial charge in [-0.1, -0.05) is 81.4 Å². The second-order valence-electron chi connectivity index (χ2n) is 4.46. The van der Waals surface area contributed by atoms with Crippen LogP contribution in [0.15, 0.2) is 60.7 Å². The molecule has 19 heavy (non-hydrogen) atoms.